The Morgan fingerprint density at radius 2 is 1.76 bits per heavy atom. The third-order valence-electron chi connectivity index (χ3n) is 4.68. The molecule has 4 nitrogen and oxygen atoms in total. The Balaban J connectivity index is 1.59. The second kappa shape index (κ2) is 4.00. The maximum absolute atomic E-state index is 12.3. The highest BCUT2D eigenvalue weighted by Crippen LogP contribution is 2.54. The van der Waals surface area contributed by atoms with Gasteiger partial charge in [0.25, 0.3) is 0 Å². The maximum Gasteiger partial charge on any atom is 0.308 e. The molecule has 3 atom stereocenters. The van der Waals surface area contributed by atoms with Crippen LogP contribution in [-0.4, -0.2) is 35.0 Å². The first-order valence-electron chi connectivity index (χ1n) is 6.66. The second-order valence-electron chi connectivity index (χ2n) is 5.89. The highest BCUT2D eigenvalue weighted by molar-refractivity contribution is 5.80. The molecule has 2 saturated carbocycles. The number of nitrogens with zero attached hydrogens (tertiary/aromatic N) is 1. The number of carbonyl (C=O) groups excluding carboxylic acids is 1. The standard InChI is InChI=1S/C13H19NO3/c15-12(11-5-9-4-10(9)6-11)14-3-1-2-8(7-14)13(16)17/h8-11H,1-7H2,(H,16,17)/t8-,9?,10?,11?/m1/s1. The predicted molar refractivity (Wildman–Crippen MR) is 61.3 cm³/mol. The lowest BCUT2D eigenvalue weighted by molar-refractivity contribution is -0.146. The van der Waals surface area contributed by atoms with Crippen molar-refractivity contribution in [2.24, 2.45) is 23.7 Å². The van der Waals surface area contributed by atoms with Crippen LogP contribution in [0.2, 0.25) is 0 Å². The van der Waals surface area contributed by atoms with Crippen molar-refractivity contribution >= 4 is 11.9 Å². The van der Waals surface area contributed by atoms with Crippen molar-refractivity contribution in [1.29, 1.82) is 0 Å². The van der Waals surface area contributed by atoms with Gasteiger partial charge in [-0.05, 0) is 43.9 Å². The SMILES string of the molecule is O=C(O)[C@@H]1CCCN(C(=O)C2CC3CC3C2)C1. The monoisotopic (exact) mass is 237 g/mol. The van der Waals surface area contributed by atoms with Gasteiger partial charge in [0, 0.05) is 19.0 Å². The molecule has 1 aliphatic heterocycles. The van der Waals surface area contributed by atoms with E-state index in [1.54, 1.807) is 4.90 Å². The largest absolute Gasteiger partial charge is 0.481 e. The number of piperidine rings is 1. The summed E-state index contributed by atoms with van der Waals surface area (Å²) in [4.78, 5) is 25.0. The average molecular weight is 237 g/mol. The molecule has 0 spiro atoms. The highest BCUT2D eigenvalue weighted by Gasteiger charge is 2.49. The van der Waals surface area contributed by atoms with Crippen LogP contribution in [0.4, 0.5) is 0 Å². The molecule has 0 aromatic rings. The Hall–Kier alpha value is -1.06. The van der Waals surface area contributed by atoms with Gasteiger partial charge in [0.05, 0.1) is 5.92 Å². The normalized spacial score (nSPS) is 39.9. The van der Waals surface area contributed by atoms with E-state index in [-0.39, 0.29) is 17.7 Å². The minimum absolute atomic E-state index is 0.200. The fourth-order valence-electron chi connectivity index (χ4n) is 3.55. The van der Waals surface area contributed by atoms with E-state index >= 15 is 0 Å². The van der Waals surface area contributed by atoms with Gasteiger partial charge < -0.3 is 10.0 Å². The number of hydrogen-bond acceptors (Lipinski definition) is 2. The zero-order chi connectivity index (χ0) is 12.0. The average Bonchev–Trinajstić information content (AvgIpc) is 2.95. The maximum atomic E-state index is 12.3. The van der Waals surface area contributed by atoms with Crippen LogP contribution in [0.5, 0.6) is 0 Å². The molecule has 1 heterocycles. The molecule has 1 N–H and O–H groups in total. The molecule has 1 amide bonds. The van der Waals surface area contributed by atoms with Crippen molar-refractivity contribution in [2.45, 2.75) is 32.1 Å². The molecule has 2 unspecified atom stereocenters. The molecule has 17 heavy (non-hydrogen) atoms. The summed E-state index contributed by atoms with van der Waals surface area (Å²) in [5.41, 5.74) is 0. The number of hydrogen-bond donors (Lipinski definition) is 1. The third-order valence-corrected chi connectivity index (χ3v) is 4.68. The lowest BCUT2D eigenvalue weighted by atomic mass is 9.95. The Bertz CT molecular complexity index is 345. The van der Waals surface area contributed by atoms with Gasteiger partial charge in [0.2, 0.25) is 5.91 Å². The van der Waals surface area contributed by atoms with Crippen molar-refractivity contribution in [3.63, 3.8) is 0 Å². The molecule has 4 heteroatoms. The first-order chi connectivity index (χ1) is 8.15. The van der Waals surface area contributed by atoms with Crippen LogP contribution in [0.1, 0.15) is 32.1 Å². The van der Waals surface area contributed by atoms with Crippen molar-refractivity contribution < 1.29 is 14.7 Å². The third kappa shape index (κ3) is 2.05. The van der Waals surface area contributed by atoms with Gasteiger partial charge in [-0.2, -0.15) is 0 Å². The zero-order valence-corrected chi connectivity index (χ0v) is 9.97. The highest BCUT2D eigenvalue weighted by atomic mass is 16.4. The number of fused-ring (bicyclic) bond motifs is 1. The van der Waals surface area contributed by atoms with E-state index < -0.39 is 5.97 Å². The van der Waals surface area contributed by atoms with Gasteiger partial charge in [-0.25, -0.2) is 0 Å². The fraction of sp³-hybridized carbons (Fsp3) is 0.846. The van der Waals surface area contributed by atoms with E-state index in [9.17, 15) is 9.59 Å². The van der Waals surface area contributed by atoms with Crippen LogP contribution in [0, 0.1) is 23.7 Å². The molecular formula is C13H19NO3. The quantitative estimate of drug-likeness (QED) is 0.788. The smallest absolute Gasteiger partial charge is 0.308 e. The molecule has 1 saturated heterocycles. The molecule has 0 aromatic heterocycles. The predicted octanol–water partition coefficient (Wildman–Crippen LogP) is 1.36. The summed E-state index contributed by atoms with van der Waals surface area (Å²) in [7, 11) is 0. The summed E-state index contributed by atoms with van der Waals surface area (Å²) < 4.78 is 0. The minimum Gasteiger partial charge on any atom is -0.481 e. The van der Waals surface area contributed by atoms with Crippen LogP contribution in [0.3, 0.4) is 0 Å². The van der Waals surface area contributed by atoms with Crippen LogP contribution < -0.4 is 0 Å². The second-order valence-corrected chi connectivity index (χ2v) is 5.89. The van der Waals surface area contributed by atoms with Crippen LogP contribution >= 0.6 is 0 Å². The summed E-state index contributed by atoms with van der Waals surface area (Å²) in [6.45, 7) is 1.19. The number of amides is 1. The van der Waals surface area contributed by atoms with Gasteiger partial charge in [-0.1, -0.05) is 0 Å². The molecule has 2 aliphatic carbocycles. The van der Waals surface area contributed by atoms with Crippen molar-refractivity contribution in [3.8, 4) is 0 Å². The van der Waals surface area contributed by atoms with E-state index in [1.807, 2.05) is 0 Å². The number of aliphatic carboxylic acids is 1. The van der Waals surface area contributed by atoms with E-state index in [1.165, 1.54) is 6.42 Å². The number of carboxylic acids is 1. The Kier molecular flexibility index (Phi) is 2.60. The van der Waals surface area contributed by atoms with Gasteiger partial charge in [0.1, 0.15) is 0 Å². The lowest BCUT2D eigenvalue weighted by Gasteiger charge is -2.32. The van der Waals surface area contributed by atoms with Crippen LogP contribution in [0.15, 0.2) is 0 Å². The molecule has 0 bridgehead atoms. The minimum atomic E-state index is -0.753. The van der Waals surface area contributed by atoms with E-state index in [4.69, 9.17) is 5.11 Å². The summed E-state index contributed by atoms with van der Waals surface area (Å²) in [5.74, 6) is 0.947. The summed E-state index contributed by atoms with van der Waals surface area (Å²) in [5, 5.41) is 9.01. The number of rotatable bonds is 2. The van der Waals surface area contributed by atoms with E-state index in [0.717, 1.165) is 44.1 Å². The first-order valence-corrected chi connectivity index (χ1v) is 6.66. The topological polar surface area (TPSA) is 57.6 Å². The molecule has 3 rings (SSSR count). The molecular weight excluding hydrogens is 218 g/mol. The fourth-order valence-corrected chi connectivity index (χ4v) is 3.55. The lowest BCUT2D eigenvalue weighted by Crippen LogP contribution is -2.44. The van der Waals surface area contributed by atoms with Crippen molar-refractivity contribution in [3.05, 3.63) is 0 Å². The van der Waals surface area contributed by atoms with Gasteiger partial charge in [-0.15, -0.1) is 0 Å². The van der Waals surface area contributed by atoms with E-state index in [2.05, 4.69) is 0 Å². The van der Waals surface area contributed by atoms with Crippen molar-refractivity contribution in [2.75, 3.05) is 13.1 Å². The molecule has 0 radical (unpaired) electrons. The van der Waals surface area contributed by atoms with Gasteiger partial charge in [0.15, 0.2) is 0 Å². The number of carboxylic acid groups (broad SMARTS) is 1. The Morgan fingerprint density at radius 3 is 2.41 bits per heavy atom. The Labute approximate surface area is 101 Å². The van der Waals surface area contributed by atoms with Gasteiger partial charge >= 0.3 is 5.97 Å². The van der Waals surface area contributed by atoms with Crippen LogP contribution in [-0.2, 0) is 9.59 Å². The number of likely N-dealkylation sites (tertiary alicyclic amines) is 1. The molecule has 3 fully saturated rings. The van der Waals surface area contributed by atoms with Gasteiger partial charge in [-0.3, -0.25) is 9.59 Å². The molecule has 3 aliphatic rings. The number of carbonyl (C=O) groups is 2. The van der Waals surface area contributed by atoms with E-state index in [0.29, 0.717) is 6.54 Å². The summed E-state index contributed by atoms with van der Waals surface area (Å²) in [6.07, 6.45) is 4.98. The zero-order valence-electron chi connectivity index (χ0n) is 9.97. The molecule has 0 aromatic carbocycles. The van der Waals surface area contributed by atoms with Crippen molar-refractivity contribution in [1.82, 2.24) is 4.90 Å². The van der Waals surface area contributed by atoms with Crippen LogP contribution in [0.25, 0.3) is 0 Å². The first kappa shape index (κ1) is 11.1. The molecule has 94 valence electrons. The summed E-state index contributed by atoms with van der Waals surface area (Å²) >= 11 is 0. The summed E-state index contributed by atoms with van der Waals surface area (Å²) in [6, 6.07) is 0. The Morgan fingerprint density at radius 1 is 1.06 bits per heavy atom.